The lowest BCUT2D eigenvalue weighted by atomic mass is 10.0. The highest BCUT2D eigenvalue weighted by molar-refractivity contribution is 7.80. The lowest BCUT2D eigenvalue weighted by Gasteiger charge is -2.35. The Labute approximate surface area is 165 Å². The number of ether oxygens (including phenoxy) is 1. The Morgan fingerprint density at radius 2 is 1.81 bits per heavy atom. The smallest absolute Gasteiger partial charge is 0.170 e. The lowest BCUT2D eigenvalue weighted by molar-refractivity contribution is 0.0170. The van der Waals surface area contributed by atoms with E-state index in [1.54, 1.807) is 0 Å². The summed E-state index contributed by atoms with van der Waals surface area (Å²) in [6.07, 6.45) is 0. The zero-order valence-corrected chi connectivity index (χ0v) is 16.6. The molecular weight excluding hydrogens is 361 g/mol. The number of halogens is 1. The van der Waals surface area contributed by atoms with Gasteiger partial charge in [-0.3, -0.25) is 4.90 Å². The summed E-state index contributed by atoms with van der Waals surface area (Å²) in [5, 5.41) is 7.15. The van der Waals surface area contributed by atoms with E-state index in [0.29, 0.717) is 24.9 Å². The third-order valence-corrected chi connectivity index (χ3v) is 5.21. The molecular formula is C21H26FN3OS. The number of thiocarbonyl (C=S) groups is 1. The van der Waals surface area contributed by atoms with E-state index in [9.17, 15) is 4.39 Å². The number of rotatable bonds is 5. The van der Waals surface area contributed by atoms with Gasteiger partial charge in [-0.15, -0.1) is 0 Å². The molecule has 0 unspecified atom stereocenters. The largest absolute Gasteiger partial charge is 0.379 e. The van der Waals surface area contributed by atoms with Crippen LogP contribution in [0.3, 0.4) is 0 Å². The fourth-order valence-electron chi connectivity index (χ4n) is 3.22. The molecule has 1 saturated heterocycles. The molecule has 3 rings (SSSR count). The number of hydrogen-bond donors (Lipinski definition) is 2. The van der Waals surface area contributed by atoms with Gasteiger partial charge >= 0.3 is 0 Å². The van der Waals surface area contributed by atoms with Crippen molar-refractivity contribution in [1.29, 1.82) is 0 Å². The fraction of sp³-hybridized carbons (Fsp3) is 0.381. The van der Waals surface area contributed by atoms with E-state index in [1.165, 1.54) is 23.3 Å². The number of benzene rings is 2. The summed E-state index contributed by atoms with van der Waals surface area (Å²) in [4.78, 5) is 2.35. The molecule has 1 atom stereocenters. The van der Waals surface area contributed by atoms with Crippen LogP contribution in [0.15, 0.2) is 42.5 Å². The van der Waals surface area contributed by atoms with Crippen LogP contribution in [0.4, 0.5) is 10.1 Å². The van der Waals surface area contributed by atoms with Crippen molar-refractivity contribution in [1.82, 2.24) is 10.2 Å². The number of nitrogens with one attached hydrogen (secondary N) is 2. The standard InChI is InChI=1S/C21H26FN3OS/c1-15-3-8-19(13-16(15)2)24-21(27)23-14-20(25-9-11-26-12-10-25)17-4-6-18(22)7-5-17/h3-8,13,20H,9-12,14H2,1-2H3,(H2,23,24,27)/t20-/m1/s1. The van der Waals surface area contributed by atoms with E-state index in [0.717, 1.165) is 24.3 Å². The van der Waals surface area contributed by atoms with Crippen LogP contribution >= 0.6 is 12.2 Å². The fourth-order valence-corrected chi connectivity index (χ4v) is 3.42. The normalized spacial score (nSPS) is 16.0. The van der Waals surface area contributed by atoms with E-state index in [4.69, 9.17) is 17.0 Å². The predicted octanol–water partition coefficient (Wildman–Crippen LogP) is 3.80. The van der Waals surface area contributed by atoms with Crippen molar-refractivity contribution in [3.05, 3.63) is 65.0 Å². The Morgan fingerprint density at radius 3 is 2.48 bits per heavy atom. The molecule has 1 aliphatic heterocycles. The lowest BCUT2D eigenvalue weighted by Crippen LogP contribution is -2.44. The summed E-state index contributed by atoms with van der Waals surface area (Å²) in [7, 11) is 0. The van der Waals surface area contributed by atoms with Crippen molar-refractivity contribution in [2.24, 2.45) is 0 Å². The molecule has 0 radical (unpaired) electrons. The Hall–Kier alpha value is -2.02. The van der Waals surface area contributed by atoms with E-state index in [1.807, 2.05) is 18.2 Å². The second kappa shape index (κ2) is 9.26. The van der Waals surface area contributed by atoms with Crippen LogP contribution in [-0.4, -0.2) is 42.9 Å². The van der Waals surface area contributed by atoms with Crippen molar-refractivity contribution in [2.45, 2.75) is 19.9 Å². The van der Waals surface area contributed by atoms with Crippen LogP contribution < -0.4 is 10.6 Å². The molecule has 0 aromatic heterocycles. The average Bonchev–Trinajstić information content (AvgIpc) is 2.67. The summed E-state index contributed by atoms with van der Waals surface area (Å²) in [6.45, 7) is 7.93. The van der Waals surface area contributed by atoms with Gasteiger partial charge in [0.1, 0.15) is 5.82 Å². The first-order valence-corrected chi connectivity index (χ1v) is 9.63. The summed E-state index contributed by atoms with van der Waals surface area (Å²) in [5.41, 5.74) is 4.52. The van der Waals surface area contributed by atoms with Gasteiger partial charge in [0.15, 0.2) is 5.11 Å². The van der Waals surface area contributed by atoms with E-state index in [-0.39, 0.29) is 11.9 Å². The van der Waals surface area contributed by atoms with Gasteiger partial charge in [0.2, 0.25) is 0 Å². The molecule has 6 heteroatoms. The van der Waals surface area contributed by atoms with Crippen molar-refractivity contribution in [3.8, 4) is 0 Å². The van der Waals surface area contributed by atoms with Gasteiger partial charge in [0.25, 0.3) is 0 Å². The van der Waals surface area contributed by atoms with Crippen molar-refractivity contribution in [2.75, 3.05) is 38.2 Å². The zero-order chi connectivity index (χ0) is 19.2. The minimum atomic E-state index is -0.223. The maximum absolute atomic E-state index is 13.3. The van der Waals surface area contributed by atoms with Crippen molar-refractivity contribution in [3.63, 3.8) is 0 Å². The molecule has 1 aliphatic rings. The van der Waals surface area contributed by atoms with Crippen LogP contribution in [0.2, 0.25) is 0 Å². The second-order valence-corrected chi connectivity index (χ2v) is 7.26. The topological polar surface area (TPSA) is 36.5 Å². The molecule has 144 valence electrons. The molecule has 0 saturated carbocycles. The number of anilines is 1. The van der Waals surface area contributed by atoms with Crippen LogP contribution in [0.1, 0.15) is 22.7 Å². The summed E-state index contributed by atoms with van der Waals surface area (Å²) >= 11 is 5.48. The first-order valence-electron chi connectivity index (χ1n) is 9.22. The quantitative estimate of drug-likeness (QED) is 0.763. The van der Waals surface area contributed by atoms with Crippen LogP contribution in [-0.2, 0) is 4.74 Å². The highest BCUT2D eigenvalue weighted by Gasteiger charge is 2.22. The Morgan fingerprint density at radius 1 is 1.11 bits per heavy atom. The molecule has 1 fully saturated rings. The Kier molecular flexibility index (Phi) is 6.77. The van der Waals surface area contributed by atoms with Crippen LogP contribution in [0.5, 0.6) is 0 Å². The van der Waals surface area contributed by atoms with Gasteiger partial charge in [-0.1, -0.05) is 18.2 Å². The Balaban J connectivity index is 1.65. The summed E-state index contributed by atoms with van der Waals surface area (Å²) in [6, 6.07) is 13.0. The predicted molar refractivity (Wildman–Crippen MR) is 112 cm³/mol. The van der Waals surface area contributed by atoms with Gasteiger partial charge in [-0.25, -0.2) is 4.39 Å². The first kappa shape index (κ1) is 19.7. The molecule has 2 N–H and O–H groups in total. The molecule has 4 nitrogen and oxygen atoms in total. The summed E-state index contributed by atoms with van der Waals surface area (Å²) < 4.78 is 18.8. The molecule has 0 amide bonds. The van der Waals surface area contributed by atoms with Gasteiger partial charge in [-0.2, -0.15) is 0 Å². The second-order valence-electron chi connectivity index (χ2n) is 6.85. The number of aryl methyl sites for hydroxylation is 2. The number of nitrogens with zero attached hydrogens (tertiary/aromatic N) is 1. The summed E-state index contributed by atoms with van der Waals surface area (Å²) in [5.74, 6) is -0.223. The van der Waals surface area contributed by atoms with Gasteiger partial charge in [0.05, 0.1) is 19.3 Å². The van der Waals surface area contributed by atoms with Gasteiger partial charge in [-0.05, 0) is 67.0 Å². The van der Waals surface area contributed by atoms with Crippen molar-refractivity contribution >= 4 is 23.0 Å². The van der Waals surface area contributed by atoms with E-state index in [2.05, 4.69) is 41.5 Å². The molecule has 2 aromatic rings. The molecule has 0 aliphatic carbocycles. The van der Waals surface area contributed by atoms with Gasteiger partial charge in [0, 0.05) is 25.3 Å². The zero-order valence-electron chi connectivity index (χ0n) is 15.8. The molecule has 27 heavy (non-hydrogen) atoms. The third-order valence-electron chi connectivity index (χ3n) is 4.96. The third kappa shape index (κ3) is 5.48. The van der Waals surface area contributed by atoms with E-state index >= 15 is 0 Å². The molecule has 1 heterocycles. The molecule has 2 aromatic carbocycles. The minimum Gasteiger partial charge on any atom is -0.379 e. The monoisotopic (exact) mass is 387 g/mol. The maximum Gasteiger partial charge on any atom is 0.170 e. The van der Waals surface area contributed by atoms with Crippen LogP contribution in [0.25, 0.3) is 0 Å². The first-order chi connectivity index (χ1) is 13.0. The SMILES string of the molecule is Cc1ccc(NC(=S)NC[C@H](c2ccc(F)cc2)N2CCOCC2)cc1C. The van der Waals surface area contributed by atoms with Crippen molar-refractivity contribution < 1.29 is 9.13 Å². The highest BCUT2D eigenvalue weighted by atomic mass is 32.1. The Bertz CT molecular complexity index is 775. The number of hydrogen-bond acceptors (Lipinski definition) is 3. The number of morpholine rings is 1. The van der Waals surface area contributed by atoms with Gasteiger partial charge < -0.3 is 15.4 Å². The highest BCUT2D eigenvalue weighted by Crippen LogP contribution is 2.22. The minimum absolute atomic E-state index is 0.106. The molecule has 0 spiro atoms. The maximum atomic E-state index is 13.3. The average molecular weight is 388 g/mol. The van der Waals surface area contributed by atoms with Crippen LogP contribution in [0, 0.1) is 19.7 Å². The van der Waals surface area contributed by atoms with E-state index < -0.39 is 0 Å². The molecule has 0 bridgehead atoms.